The fourth-order valence-electron chi connectivity index (χ4n) is 1.70. The van der Waals surface area contributed by atoms with Gasteiger partial charge in [-0.15, -0.1) is 0 Å². The van der Waals surface area contributed by atoms with Crippen molar-refractivity contribution >= 4 is 23.4 Å². The zero-order valence-electron chi connectivity index (χ0n) is 10.8. The van der Waals surface area contributed by atoms with E-state index in [0.717, 1.165) is 18.4 Å². The van der Waals surface area contributed by atoms with E-state index in [1.807, 2.05) is 36.4 Å². The summed E-state index contributed by atoms with van der Waals surface area (Å²) in [5.74, 6) is 0. The van der Waals surface area contributed by atoms with E-state index in [0.29, 0.717) is 10.7 Å². The number of allylic oxidation sites excluding steroid dienone is 1. The molecular formula is C15H20ClNO. The Bertz CT molecular complexity index is 413. The average molecular weight is 266 g/mol. The second-order valence-corrected chi connectivity index (χ2v) is 4.66. The Morgan fingerprint density at radius 3 is 2.72 bits per heavy atom. The molecular weight excluding hydrogens is 246 g/mol. The highest BCUT2D eigenvalue weighted by atomic mass is 35.5. The first kappa shape index (κ1) is 14.8. The number of hydrogen-bond donors (Lipinski definition) is 1. The summed E-state index contributed by atoms with van der Waals surface area (Å²) < 4.78 is 0. The third kappa shape index (κ3) is 5.37. The molecule has 0 saturated carbocycles. The van der Waals surface area contributed by atoms with E-state index in [4.69, 9.17) is 16.8 Å². The van der Waals surface area contributed by atoms with E-state index in [2.05, 4.69) is 12.1 Å². The van der Waals surface area contributed by atoms with Gasteiger partial charge in [0.15, 0.2) is 0 Å². The first-order valence-electron chi connectivity index (χ1n) is 6.41. The van der Waals surface area contributed by atoms with Crippen LogP contribution >= 0.6 is 11.6 Å². The molecule has 0 bridgehead atoms. The van der Waals surface area contributed by atoms with Crippen LogP contribution in [-0.2, 0) is 0 Å². The number of halogens is 1. The van der Waals surface area contributed by atoms with Crippen LogP contribution in [0.25, 0.3) is 6.08 Å². The van der Waals surface area contributed by atoms with Crippen molar-refractivity contribution in [3.05, 3.63) is 40.9 Å². The summed E-state index contributed by atoms with van der Waals surface area (Å²) in [6.45, 7) is 2.18. The summed E-state index contributed by atoms with van der Waals surface area (Å²) in [4.78, 5) is 0. The van der Waals surface area contributed by atoms with Crippen LogP contribution in [0.15, 0.2) is 35.5 Å². The quantitative estimate of drug-likeness (QED) is 0.314. The van der Waals surface area contributed by atoms with Crippen molar-refractivity contribution in [2.24, 2.45) is 5.16 Å². The first-order chi connectivity index (χ1) is 8.77. The molecule has 1 N–H and O–H groups in total. The summed E-state index contributed by atoms with van der Waals surface area (Å²) in [7, 11) is 0. The Labute approximate surface area is 114 Å². The molecule has 1 aromatic rings. The van der Waals surface area contributed by atoms with Gasteiger partial charge < -0.3 is 5.21 Å². The maximum absolute atomic E-state index is 8.93. The minimum atomic E-state index is 0.700. The third-order valence-corrected chi connectivity index (χ3v) is 3.12. The number of rotatable bonds is 7. The van der Waals surface area contributed by atoms with Crippen molar-refractivity contribution in [3.8, 4) is 0 Å². The molecule has 0 saturated heterocycles. The lowest BCUT2D eigenvalue weighted by Crippen LogP contribution is -1.93. The standard InChI is InChI=1S/C15H20ClNO/c1-2-3-4-5-9-14(17-18)12-11-13-8-6-7-10-15(13)16/h6-8,10-12,18H,2-5,9H2,1H3/b12-11-,17-14+. The number of hydrogen-bond acceptors (Lipinski definition) is 2. The molecule has 0 aliphatic heterocycles. The molecule has 0 heterocycles. The Hall–Kier alpha value is -1.28. The van der Waals surface area contributed by atoms with Crippen molar-refractivity contribution in [1.82, 2.24) is 0 Å². The zero-order valence-corrected chi connectivity index (χ0v) is 11.5. The Kier molecular flexibility index (Phi) is 7.19. The van der Waals surface area contributed by atoms with Crippen LogP contribution in [0.4, 0.5) is 0 Å². The number of nitrogens with zero attached hydrogens (tertiary/aromatic N) is 1. The molecule has 0 spiro atoms. The van der Waals surface area contributed by atoms with Crippen LogP contribution in [0.1, 0.15) is 44.6 Å². The van der Waals surface area contributed by atoms with Crippen LogP contribution in [0.2, 0.25) is 5.02 Å². The van der Waals surface area contributed by atoms with Crippen LogP contribution in [0, 0.1) is 0 Å². The van der Waals surface area contributed by atoms with Gasteiger partial charge in [0.2, 0.25) is 0 Å². The minimum absolute atomic E-state index is 0.700. The molecule has 0 atom stereocenters. The van der Waals surface area contributed by atoms with Gasteiger partial charge in [0.1, 0.15) is 0 Å². The summed E-state index contributed by atoms with van der Waals surface area (Å²) in [5.41, 5.74) is 1.64. The second-order valence-electron chi connectivity index (χ2n) is 4.26. The summed E-state index contributed by atoms with van der Waals surface area (Å²) >= 11 is 6.04. The topological polar surface area (TPSA) is 32.6 Å². The van der Waals surface area contributed by atoms with Crippen LogP contribution < -0.4 is 0 Å². The molecule has 1 rings (SSSR count). The van der Waals surface area contributed by atoms with E-state index >= 15 is 0 Å². The molecule has 18 heavy (non-hydrogen) atoms. The van der Waals surface area contributed by atoms with Gasteiger partial charge in [0.25, 0.3) is 0 Å². The highest BCUT2D eigenvalue weighted by Crippen LogP contribution is 2.16. The predicted molar refractivity (Wildman–Crippen MR) is 78.5 cm³/mol. The van der Waals surface area contributed by atoms with Crippen LogP contribution in [0.3, 0.4) is 0 Å². The van der Waals surface area contributed by atoms with Crippen molar-refractivity contribution in [2.45, 2.75) is 39.0 Å². The van der Waals surface area contributed by atoms with Gasteiger partial charge in [-0.1, -0.05) is 67.2 Å². The highest BCUT2D eigenvalue weighted by Gasteiger charge is 1.98. The number of benzene rings is 1. The van der Waals surface area contributed by atoms with Crippen molar-refractivity contribution < 1.29 is 5.21 Å². The highest BCUT2D eigenvalue weighted by molar-refractivity contribution is 6.32. The molecule has 0 amide bonds. The van der Waals surface area contributed by atoms with Gasteiger partial charge in [0, 0.05) is 5.02 Å². The van der Waals surface area contributed by atoms with E-state index < -0.39 is 0 Å². The number of unbranched alkanes of at least 4 members (excludes halogenated alkanes) is 3. The van der Waals surface area contributed by atoms with Crippen LogP contribution in [-0.4, -0.2) is 10.9 Å². The van der Waals surface area contributed by atoms with E-state index in [1.54, 1.807) is 0 Å². The van der Waals surface area contributed by atoms with Crippen LogP contribution in [0.5, 0.6) is 0 Å². The fraction of sp³-hybridized carbons (Fsp3) is 0.400. The molecule has 2 nitrogen and oxygen atoms in total. The molecule has 0 aliphatic carbocycles. The van der Waals surface area contributed by atoms with Gasteiger partial charge in [-0.25, -0.2) is 0 Å². The van der Waals surface area contributed by atoms with Gasteiger partial charge in [0.05, 0.1) is 5.71 Å². The lowest BCUT2D eigenvalue weighted by molar-refractivity contribution is 0.318. The van der Waals surface area contributed by atoms with Gasteiger partial charge in [-0.05, 0) is 30.5 Å². The fourth-order valence-corrected chi connectivity index (χ4v) is 1.89. The Balaban J connectivity index is 2.51. The monoisotopic (exact) mass is 265 g/mol. The van der Waals surface area contributed by atoms with Gasteiger partial charge in [-0.3, -0.25) is 0 Å². The maximum Gasteiger partial charge on any atom is 0.0795 e. The lowest BCUT2D eigenvalue weighted by atomic mass is 10.1. The molecule has 0 aromatic heterocycles. The molecule has 0 aliphatic rings. The second kappa shape index (κ2) is 8.76. The zero-order chi connectivity index (χ0) is 13.2. The average Bonchev–Trinajstić information content (AvgIpc) is 2.40. The normalized spacial score (nSPS) is 12.2. The van der Waals surface area contributed by atoms with Gasteiger partial charge in [-0.2, -0.15) is 0 Å². The largest absolute Gasteiger partial charge is 0.411 e. The Morgan fingerprint density at radius 2 is 2.06 bits per heavy atom. The third-order valence-electron chi connectivity index (χ3n) is 2.78. The first-order valence-corrected chi connectivity index (χ1v) is 6.79. The molecule has 3 heteroatoms. The molecule has 0 radical (unpaired) electrons. The van der Waals surface area contributed by atoms with Crippen molar-refractivity contribution in [2.75, 3.05) is 0 Å². The summed E-state index contributed by atoms with van der Waals surface area (Å²) in [6.07, 6.45) is 9.19. The summed E-state index contributed by atoms with van der Waals surface area (Å²) in [6, 6.07) is 7.61. The Morgan fingerprint density at radius 1 is 1.28 bits per heavy atom. The van der Waals surface area contributed by atoms with Crippen molar-refractivity contribution in [3.63, 3.8) is 0 Å². The lowest BCUT2D eigenvalue weighted by Gasteiger charge is -2.00. The maximum atomic E-state index is 8.93. The smallest absolute Gasteiger partial charge is 0.0795 e. The SMILES string of the molecule is CCCCCCC(/C=C\c1ccccc1Cl)=N\O. The van der Waals surface area contributed by atoms with E-state index in [1.165, 1.54) is 19.3 Å². The molecule has 98 valence electrons. The number of oxime groups is 1. The van der Waals surface area contributed by atoms with Crippen molar-refractivity contribution in [1.29, 1.82) is 0 Å². The minimum Gasteiger partial charge on any atom is -0.411 e. The van der Waals surface area contributed by atoms with Gasteiger partial charge >= 0.3 is 0 Å². The molecule has 1 aromatic carbocycles. The predicted octanol–water partition coefficient (Wildman–Crippen LogP) is 5.15. The molecule has 0 unspecified atom stereocenters. The van der Waals surface area contributed by atoms with E-state index in [-0.39, 0.29) is 0 Å². The summed E-state index contributed by atoms with van der Waals surface area (Å²) in [5, 5.41) is 13.0. The van der Waals surface area contributed by atoms with E-state index in [9.17, 15) is 0 Å². The molecule has 0 fully saturated rings.